The van der Waals surface area contributed by atoms with E-state index in [1.54, 1.807) is 6.92 Å². The van der Waals surface area contributed by atoms with Crippen LogP contribution in [-0.2, 0) is 19.1 Å². The van der Waals surface area contributed by atoms with Crippen LogP contribution in [0.1, 0.15) is 39.5 Å². The number of cyclic esters (lactones) is 1. The fourth-order valence-corrected chi connectivity index (χ4v) is 5.48. The lowest BCUT2D eigenvalue weighted by molar-refractivity contribution is -0.299. The Morgan fingerprint density at radius 3 is 2.65 bits per heavy atom. The minimum atomic E-state index is -1.32. The molecule has 0 amide bonds. The van der Waals surface area contributed by atoms with E-state index in [1.165, 1.54) is 0 Å². The average molecular weight is 280 g/mol. The lowest BCUT2D eigenvalue weighted by Crippen LogP contribution is -2.76. The first-order valence-corrected chi connectivity index (χ1v) is 7.44. The van der Waals surface area contributed by atoms with Gasteiger partial charge in [0.05, 0.1) is 6.42 Å². The van der Waals surface area contributed by atoms with Gasteiger partial charge in [0, 0.05) is 0 Å². The van der Waals surface area contributed by atoms with Crippen LogP contribution in [0.3, 0.4) is 0 Å². The zero-order valence-electron chi connectivity index (χ0n) is 11.8. The fourth-order valence-electron chi connectivity index (χ4n) is 5.48. The Morgan fingerprint density at radius 2 is 2.05 bits per heavy atom. The largest absolute Gasteiger partial charge is 0.464 e. The number of hydrogen-bond acceptors (Lipinski definition) is 5. The van der Waals surface area contributed by atoms with Crippen molar-refractivity contribution in [3.8, 4) is 0 Å². The molecule has 2 saturated heterocycles. The summed E-state index contributed by atoms with van der Waals surface area (Å²) in [6.07, 6.45) is 2.34. The van der Waals surface area contributed by atoms with E-state index in [0.29, 0.717) is 18.8 Å². The molecule has 4 aliphatic rings. The van der Waals surface area contributed by atoms with Crippen molar-refractivity contribution in [2.45, 2.75) is 51.2 Å². The van der Waals surface area contributed by atoms with Crippen LogP contribution in [0.15, 0.2) is 0 Å². The van der Waals surface area contributed by atoms with Gasteiger partial charge in [-0.25, -0.2) is 0 Å². The molecule has 1 N–H and O–H groups in total. The number of esters is 2. The summed E-state index contributed by atoms with van der Waals surface area (Å²) in [5.74, 6) is -0.133. The SMILES string of the molecule is C[C@@H]1CC[C@H]2[C@]13CC(=O)O[C@H](C3)[C@](C)(O)[C@@]21COC1=O. The second-order valence-electron chi connectivity index (χ2n) is 7.32. The molecule has 0 aromatic carbocycles. The summed E-state index contributed by atoms with van der Waals surface area (Å²) in [5, 5.41) is 11.0. The van der Waals surface area contributed by atoms with Gasteiger partial charge in [0.1, 0.15) is 23.7 Å². The summed E-state index contributed by atoms with van der Waals surface area (Å²) in [4.78, 5) is 24.3. The number of ether oxygens (including phenoxy) is 2. The van der Waals surface area contributed by atoms with E-state index in [-0.39, 0.29) is 29.9 Å². The maximum Gasteiger partial charge on any atom is 0.319 e. The van der Waals surface area contributed by atoms with Crippen molar-refractivity contribution in [3.05, 3.63) is 0 Å². The summed E-state index contributed by atoms with van der Waals surface area (Å²) in [7, 11) is 0. The summed E-state index contributed by atoms with van der Waals surface area (Å²) in [6.45, 7) is 4.06. The molecule has 0 aromatic rings. The molecule has 0 radical (unpaired) electrons. The monoisotopic (exact) mass is 280 g/mol. The molecule has 2 heterocycles. The zero-order valence-corrected chi connectivity index (χ0v) is 11.8. The van der Waals surface area contributed by atoms with E-state index >= 15 is 0 Å². The van der Waals surface area contributed by atoms with Crippen molar-refractivity contribution in [3.63, 3.8) is 0 Å². The average Bonchev–Trinajstić information content (AvgIpc) is 2.65. The van der Waals surface area contributed by atoms with Crippen molar-refractivity contribution in [2.75, 3.05) is 6.61 Å². The molecule has 5 nitrogen and oxygen atoms in total. The highest BCUT2D eigenvalue weighted by molar-refractivity contribution is 5.85. The van der Waals surface area contributed by atoms with E-state index in [4.69, 9.17) is 9.47 Å². The van der Waals surface area contributed by atoms with E-state index < -0.39 is 17.1 Å². The van der Waals surface area contributed by atoms with Gasteiger partial charge in [-0.15, -0.1) is 0 Å². The number of aliphatic hydroxyl groups is 1. The fraction of sp³-hybridized carbons (Fsp3) is 0.867. The van der Waals surface area contributed by atoms with E-state index in [0.717, 1.165) is 12.8 Å². The third-order valence-electron chi connectivity index (χ3n) is 6.80. The second-order valence-corrected chi connectivity index (χ2v) is 7.32. The summed E-state index contributed by atoms with van der Waals surface area (Å²) in [5.41, 5.74) is -2.39. The molecule has 5 heteroatoms. The molecule has 110 valence electrons. The van der Waals surface area contributed by atoms with E-state index in [1.807, 2.05) is 0 Å². The number of hydrogen-bond donors (Lipinski definition) is 1. The number of carbonyl (C=O) groups is 2. The van der Waals surface area contributed by atoms with Gasteiger partial charge in [0.25, 0.3) is 0 Å². The molecule has 0 unspecified atom stereocenters. The Labute approximate surface area is 117 Å². The van der Waals surface area contributed by atoms with Crippen LogP contribution in [0, 0.1) is 22.7 Å². The Kier molecular flexibility index (Phi) is 2.13. The van der Waals surface area contributed by atoms with E-state index in [9.17, 15) is 14.7 Å². The first-order chi connectivity index (χ1) is 9.34. The summed E-state index contributed by atoms with van der Waals surface area (Å²) in [6, 6.07) is 0. The minimum absolute atomic E-state index is 0.0327. The van der Waals surface area contributed by atoms with Gasteiger partial charge in [0.2, 0.25) is 0 Å². The van der Waals surface area contributed by atoms with Crippen molar-refractivity contribution in [1.29, 1.82) is 0 Å². The van der Waals surface area contributed by atoms with Crippen molar-refractivity contribution in [1.82, 2.24) is 0 Å². The van der Waals surface area contributed by atoms with Gasteiger partial charge in [-0.3, -0.25) is 9.59 Å². The molecular formula is C15H20O5. The number of fused-ring (bicyclic) bond motifs is 2. The normalized spacial score (nSPS) is 56.9. The molecule has 2 bridgehead atoms. The summed E-state index contributed by atoms with van der Waals surface area (Å²) < 4.78 is 10.5. The van der Waals surface area contributed by atoms with Crippen LogP contribution in [0.5, 0.6) is 0 Å². The van der Waals surface area contributed by atoms with E-state index in [2.05, 4.69) is 6.92 Å². The molecular weight excluding hydrogens is 260 g/mol. The molecule has 2 aliphatic heterocycles. The molecule has 4 fully saturated rings. The quantitative estimate of drug-likeness (QED) is 0.671. The van der Waals surface area contributed by atoms with Gasteiger partial charge >= 0.3 is 11.9 Å². The predicted octanol–water partition coefficient (Wildman–Crippen LogP) is 1.03. The third-order valence-corrected chi connectivity index (χ3v) is 6.80. The molecule has 0 aromatic heterocycles. The second kappa shape index (κ2) is 3.38. The van der Waals surface area contributed by atoms with Crippen molar-refractivity contribution in [2.24, 2.45) is 22.7 Å². The molecule has 20 heavy (non-hydrogen) atoms. The molecule has 2 spiro atoms. The smallest absolute Gasteiger partial charge is 0.319 e. The van der Waals surface area contributed by atoms with Gasteiger partial charge in [-0.05, 0) is 43.4 Å². The standard InChI is InChI=1S/C15H20O5/c1-8-3-4-9-14(8)5-10(20-11(16)6-14)13(2,18)15(9)7-19-12(15)17/h8-10,18H,3-7H2,1-2H3/t8-,9+,10-,13+,14-,15+/m1/s1. The molecule has 6 atom stereocenters. The van der Waals surface area contributed by atoms with Gasteiger partial charge in [-0.2, -0.15) is 0 Å². The number of carbonyl (C=O) groups excluding carboxylic acids is 2. The lowest BCUT2D eigenvalue weighted by Gasteiger charge is -2.64. The zero-order chi connectivity index (χ0) is 14.3. The minimum Gasteiger partial charge on any atom is -0.464 e. The first kappa shape index (κ1) is 12.6. The third kappa shape index (κ3) is 1.08. The van der Waals surface area contributed by atoms with Crippen LogP contribution in [0.25, 0.3) is 0 Å². The Balaban J connectivity index is 1.90. The molecule has 4 rings (SSSR count). The lowest BCUT2D eigenvalue weighted by atomic mass is 9.45. The van der Waals surface area contributed by atoms with Crippen LogP contribution < -0.4 is 0 Å². The summed E-state index contributed by atoms with van der Waals surface area (Å²) >= 11 is 0. The molecule has 2 saturated carbocycles. The number of rotatable bonds is 0. The maximum absolute atomic E-state index is 12.3. The highest BCUT2D eigenvalue weighted by Gasteiger charge is 2.78. The van der Waals surface area contributed by atoms with Crippen LogP contribution in [0.2, 0.25) is 0 Å². The Bertz CT molecular complexity index is 512. The Hall–Kier alpha value is -1.10. The maximum atomic E-state index is 12.3. The van der Waals surface area contributed by atoms with Crippen LogP contribution in [0.4, 0.5) is 0 Å². The van der Waals surface area contributed by atoms with Crippen molar-refractivity contribution >= 4 is 11.9 Å². The van der Waals surface area contributed by atoms with Gasteiger partial charge in [0.15, 0.2) is 0 Å². The first-order valence-electron chi connectivity index (χ1n) is 7.44. The van der Waals surface area contributed by atoms with Gasteiger partial charge in [-0.1, -0.05) is 6.92 Å². The van der Waals surface area contributed by atoms with Gasteiger partial charge < -0.3 is 14.6 Å². The van der Waals surface area contributed by atoms with Crippen LogP contribution in [-0.4, -0.2) is 35.4 Å². The van der Waals surface area contributed by atoms with Crippen LogP contribution >= 0.6 is 0 Å². The predicted molar refractivity (Wildman–Crippen MR) is 67.5 cm³/mol. The molecule has 2 aliphatic carbocycles. The highest BCUT2D eigenvalue weighted by atomic mass is 16.6. The topological polar surface area (TPSA) is 72.8 Å². The Morgan fingerprint density at radius 1 is 1.30 bits per heavy atom. The highest BCUT2D eigenvalue weighted by Crippen LogP contribution is 2.70. The van der Waals surface area contributed by atoms with Crippen molar-refractivity contribution < 1.29 is 24.2 Å².